The van der Waals surface area contributed by atoms with Crippen LogP contribution in [-0.4, -0.2) is 37.0 Å². The zero-order chi connectivity index (χ0) is 19.8. The summed E-state index contributed by atoms with van der Waals surface area (Å²) >= 11 is 0. The molecule has 3 aromatic carbocycles. The van der Waals surface area contributed by atoms with E-state index in [1.54, 1.807) is 0 Å². The number of hydrogen-bond donors (Lipinski definition) is 1. The molecule has 0 saturated carbocycles. The Balaban J connectivity index is 1.83. The molecule has 2 N–H and O–H groups in total. The van der Waals surface area contributed by atoms with Crippen molar-refractivity contribution in [1.82, 2.24) is 9.80 Å². The molecule has 0 fully saturated rings. The largest absolute Gasteiger partial charge is 0.326 e. The Morgan fingerprint density at radius 3 is 2.18 bits per heavy atom. The number of nitrogens with zero attached hydrogens (tertiary/aromatic N) is 2. The average molecular weight is 374 g/mol. The van der Waals surface area contributed by atoms with E-state index < -0.39 is 0 Å². The first-order valence-corrected chi connectivity index (χ1v) is 9.94. The number of benzene rings is 3. The van der Waals surface area contributed by atoms with Gasteiger partial charge in [-0.15, -0.1) is 0 Å². The van der Waals surface area contributed by atoms with E-state index in [0.29, 0.717) is 6.54 Å². The SMILES string of the molecule is CN(C)CCN(Cc1cccc(CN)c1)Cc1ccccc1-c1ccccc1. The van der Waals surface area contributed by atoms with Crippen LogP contribution in [0.3, 0.4) is 0 Å². The molecule has 0 heterocycles. The van der Waals surface area contributed by atoms with Crippen molar-refractivity contribution in [3.63, 3.8) is 0 Å². The van der Waals surface area contributed by atoms with Gasteiger partial charge in [-0.05, 0) is 41.9 Å². The van der Waals surface area contributed by atoms with Crippen molar-refractivity contribution in [3.05, 3.63) is 95.6 Å². The molecule has 0 radical (unpaired) electrons. The molecular formula is C25H31N3. The Morgan fingerprint density at radius 2 is 1.43 bits per heavy atom. The molecule has 0 saturated heterocycles. The lowest BCUT2D eigenvalue weighted by atomic mass is 9.99. The standard InChI is InChI=1S/C25H31N3/c1-27(2)15-16-28(19-22-10-8-9-21(17-22)18-26)20-24-13-6-7-14-25(24)23-11-4-3-5-12-23/h3-14,17H,15-16,18-20,26H2,1-2H3. The quantitative estimate of drug-likeness (QED) is 0.604. The van der Waals surface area contributed by atoms with Crippen molar-refractivity contribution < 1.29 is 0 Å². The fourth-order valence-corrected chi connectivity index (χ4v) is 3.47. The van der Waals surface area contributed by atoms with E-state index in [1.807, 2.05) is 0 Å². The van der Waals surface area contributed by atoms with Gasteiger partial charge in [-0.2, -0.15) is 0 Å². The third-order valence-corrected chi connectivity index (χ3v) is 4.99. The molecule has 0 spiro atoms. The van der Waals surface area contributed by atoms with Gasteiger partial charge >= 0.3 is 0 Å². The van der Waals surface area contributed by atoms with Crippen LogP contribution in [0, 0.1) is 0 Å². The molecule has 3 aromatic rings. The smallest absolute Gasteiger partial charge is 0.0243 e. The summed E-state index contributed by atoms with van der Waals surface area (Å²) in [4.78, 5) is 4.77. The molecule has 28 heavy (non-hydrogen) atoms. The first kappa shape index (κ1) is 20.3. The van der Waals surface area contributed by atoms with Gasteiger partial charge in [0.1, 0.15) is 0 Å². The summed E-state index contributed by atoms with van der Waals surface area (Å²) in [5, 5.41) is 0. The van der Waals surface area contributed by atoms with Crippen LogP contribution in [-0.2, 0) is 19.6 Å². The molecule has 146 valence electrons. The van der Waals surface area contributed by atoms with Crippen molar-refractivity contribution in [1.29, 1.82) is 0 Å². The van der Waals surface area contributed by atoms with Crippen LogP contribution < -0.4 is 5.73 Å². The maximum atomic E-state index is 5.84. The van der Waals surface area contributed by atoms with Gasteiger partial charge in [-0.1, -0.05) is 78.9 Å². The lowest BCUT2D eigenvalue weighted by Crippen LogP contribution is -2.31. The third kappa shape index (κ3) is 5.77. The number of hydrogen-bond acceptors (Lipinski definition) is 3. The van der Waals surface area contributed by atoms with Gasteiger partial charge < -0.3 is 10.6 Å². The summed E-state index contributed by atoms with van der Waals surface area (Å²) in [6.45, 7) is 4.48. The molecular weight excluding hydrogens is 342 g/mol. The lowest BCUT2D eigenvalue weighted by molar-refractivity contribution is 0.226. The summed E-state index contributed by atoms with van der Waals surface area (Å²) < 4.78 is 0. The third-order valence-electron chi connectivity index (χ3n) is 4.99. The fourth-order valence-electron chi connectivity index (χ4n) is 3.47. The highest BCUT2D eigenvalue weighted by molar-refractivity contribution is 5.67. The summed E-state index contributed by atoms with van der Waals surface area (Å²) in [5.74, 6) is 0. The molecule has 0 aliphatic carbocycles. The molecule has 0 aliphatic rings. The van der Waals surface area contributed by atoms with E-state index in [-0.39, 0.29) is 0 Å². The fraction of sp³-hybridized carbons (Fsp3) is 0.280. The van der Waals surface area contributed by atoms with Crippen molar-refractivity contribution in [3.8, 4) is 11.1 Å². The monoisotopic (exact) mass is 373 g/mol. The lowest BCUT2D eigenvalue weighted by Gasteiger charge is -2.25. The van der Waals surface area contributed by atoms with E-state index in [0.717, 1.165) is 26.2 Å². The highest BCUT2D eigenvalue weighted by Gasteiger charge is 2.12. The van der Waals surface area contributed by atoms with E-state index in [9.17, 15) is 0 Å². The summed E-state index contributed by atoms with van der Waals surface area (Å²) in [5.41, 5.74) is 12.3. The average Bonchev–Trinajstić information content (AvgIpc) is 2.73. The molecule has 3 rings (SSSR count). The van der Waals surface area contributed by atoms with Crippen LogP contribution in [0.5, 0.6) is 0 Å². The number of likely N-dealkylation sites (N-methyl/N-ethyl adjacent to an activating group) is 1. The van der Waals surface area contributed by atoms with Crippen molar-refractivity contribution >= 4 is 0 Å². The Morgan fingerprint density at radius 1 is 0.714 bits per heavy atom. The minimum Gasteiger partial charge on any atom is -0.326 e. The molecule has 3 nitrogen and oxygen atoms in total. The van der Waals surface area contributed by atoms with Gasteiger partial charge in [0.25, 0.3) is 0 Å². The van der Waals surface area contributed by atoms with Crippen LogP contribution in [0.25, 0.3) is 11.1 Å². The zero-order valence-electron chi connectivity index (χ0n) is 17.0. The summed E-state index contributed by atoms with van der Waals surface area (Å²) in [6, 6.07) is 28.0. The Labute approximate surface area is 169 Å². The van der Waals surface area contributed by atoms with Crippen LogP contribution in [0.4, 0.5) is 0 Å². The van der Waals surface area contributed by atoms with Gasteiger partial charge in [-0.3, -0.25) is 4.90 Å². The predicted octanol–water partition coefficient (Wildman–Crippen LogP) is 4.38. The van der Waals surface area contributed by atoms with E-state index in [1.165, 1.54) is 27.8 Å². The van der Waals surface area contributed by atoms with Gasteiger partial charge in [0.15, 0.2) is 0 Å². The number of rotatable bonds is 9. The zero-order valence-corrected chi connectivity index (χ0v) is 17.0. The Kier molecular flexibility index (Phi) is 7.38. The molecule has 0 bridgehead atoms. The first-order chi connectivity index (χ1) is 13.7. The minimum absolute atomic E-state index is 0.586. The summed E-state index contributed by atoms with van der Waals surface area (Å²) in [6.07, 6.45) is 0. The van der Waals surface area contributed by atoms with Crippen molar-refractivity contribution in [2.75, 3.05) is 27.2 Å². The normalized spacial score (nSPS) is 11.3. The second kappa shape index (κ2) is 10.2. The van der Waals surface area contributed by atoms with Gasteiger partial charge in [0.2, 0.25) is 0 Å². The first-order valence-electron chi connectivity index (χ1n) is 9.94. The van der Waals surface area contributed by atoms with Gasteiger partial charge in [0, 0.05) is 32.7 Å². The van der Waals surface area contributed by atoms with Crippen LogP contribution >= 0.6 is 0 Å². The summed E-state index contributed by atoms with van der Waals surface area (Å²) in [7, 11) is 4.26. The van der Waals surface area contributed by atoms with E-state index in [2.05, 4.69) is 103 Å². The maximum Gasteiger partial charge on any atom is 0.0243 e. The van der Waals surface area contributed by atoms with Gasteiger partial charge in [-0.25, -0.2) is 0 Å². The molecule has 0 amide bonds. The minimum atomic E-state index is 0.586. The van der Waals surface area contributed by atoms with Crippen LogP contribution in [0.2, 0.25) is 0 Å². The van der Waals surface area contributed by atoms with Crippen molar-refractivity contribution in [2.45, 2.75) is 19.6 Å². The van der Waals surface area contributed by atoms with E-state index >= 15 is 0 Å². The topological polar surface area (TPSA) is 32.5 Å². The second-order valence-electron chi connectivity index (χ2n) is 7.56. The highest BCUT2D eigenvalue weighted by atomic mass is 15.2. The Hall–Kier alpha value is -2.46. The maximum absolute atomic E-state index is 5.84. The number of nitrogens with two attached hydrogens (primary N) is 1. The molecule has 0 unspecified atom stereocenters. The second-order valence-corrected chi connectivity index (χ2v) is 7.56. The van der Waals surface area contributed by atoms with Crippen LogP contribution in [0.1, 0.15) is 16.7 Å². The van der Waals surface area contributed by atoms with Crippen molar-refractivity contribution in [2.24, 2.45) is 5.73 Å². The molecule has 0 aliphatic heterocycles. The van der Waals surface area contributed by atoms with Crippen LogP contribution in [0.15, 0.2) is 78.9 Å². The van der Waals surface area contributed by atoms with Gasteiger partial charge in [0.05, 0.1) is 0 Å². The predicted molar refractivity (Wildman–Crippen MR) is 119 cm³/mol. The molecule has 0 aromatic heterocycles. The Bertz CT molecular complexity index is 858. The molecule has 3 heteroatoms. The molecule has 0 atom stereocenters. The highest BCUT2D eigenvalue weighted by Crippen LogP contribution is 2.25. The van der Waals surface area contributed by atoms with E-state index in [4.69, 9.17) is 5.73 Å².